The number of allylic oxidation sites excluding steroid dienone is 2. The van der Waals surface area contributed by atoms with E-state index in [1.807, 2.05) is 7.05 Å². The van der Waals surface area contributed by atoms with E-state index in [9.17, 15) is 0 Å². The Labute approximate surface area is 134 Å². The Morgan fingerprint density at radius 2 is 1.41 bits per heavy atom. The molecule has 0 bridgehead atoms. The molecule has 0 radical (unpaired) electrons. The molecule has 0 unspecified atom stereocenters. The monoisotopic (exact) mass is 307 g/mol. The van der Waals surface area contributed by atoms with E-state index in [1.54, 1.807) is 0 Å². The normalized spacial score (nSPS) is 15.6. The zero-order valence-electron chi connectivity index (χ0n) is 13.2. The molecular weight excluding hydrogens is 285 g/mol. The maximum atomic E-state index is 3.40. The zero-order valence-corrected chi connectivity index (χ0v) is 14.1. The summed E-state index contributed by atoms with van der Waals surface area (Å²) in [6.45, 7) is 2.24. The highest BCUT2D eigenvalue weighted by Gasteiger charge is 2.25. The van der Waals surface area contributed by atoms with Crippen LogP contribution >= 0.6 is 7.92 Å². The van der Waals surface area contributed by atoms with Crippen molar-refractivity contribution in [2.75, 3.05) is 7.05 Å². The first-order chi connectivity index (χ1) is 10.8. The molecule has 0 aliphatic heterocycles. The van der Waals surface area contributed by atoms with Gasteiger partial charge in [0.15, 0.2) is 0 Å². The molecule has 0 spiro atoms. The van der Waals surface area contributed by atoms with Gasteiger partial charge in [-0.15, -0.1) is 0 Å². The largest absolute Gasteiger partial charge is 0.313 e. The molecule has 2 aromatic rings. The van der Waals surface area contributed by atoms with Crippen molar-refractivity contribution in [2.45, 2.75) is 19.4 Å². The van der Waals surface area contributed by atoms with E-state index in [2.05, 4.69) is 85.1 Å². The van der Waals surface area contributed by atoms with Gasteiger partial charge in [-0.3, -0.25) is 0 Å². The molecule has 1 aliphatic rings. The van der Waals surface area contributed by atoms with E-state index in [-0.39, 0.29) is 0 Å². The first kappa shape index (κ1) is 15.2. The van der Waals surface area contributed by atoms with Crippen molar-refractivity contribution in [2.24, 2.45) is 0 Å². The van der Waals surface area contributed by atoms with Crippen LogP contribution in [0.25, 0.3) is 0 Å². The molecule has 1 nitrogen and oxygen atoms in total. The van der Waals surface area contributed by atoms with Crippen molar-refractivity contribution in [1.29, 1.82) is 0 Å². The summed E-state index contributed by atoms with van der Waals surface area (Å²) in [7, 11) is 1.56. The molecule has 1 atom stereocenters. The lowest BCUT2D eigenvalue weighted by Gasteiger charge is -2.25. The lowest BCUT2D eigenvalue weighted by molar-refractivity contribution is 0.704. The van der Waals surface area contributed by atoms with E-state index in [0.717, 1.165) is 6.42 Å². The smallest absolute Gasteiger partial charge is 0.0292 e. The molecule has 2 aromatic carbocycles. The van der Waals surface area contributed by atoms with Crippen molar-refractivity contribution in [1.82, 2.24) is 5.32 Å². The maximum Gasteiger partial charge on any atom is 0.0292 e. The Kier molecular flexibility index (Phi) is 4.87. The number of hydrogen-bond donors (Lipinski definition) is 1. The van der Waals surface area contributed by atoms with E-state index >= 15 is 0 Å². The fourth-order valence-corrected chi connectivity index (χ4v) is 5.50. The predicted octanol–water partition coefficient (Wildman–Crippen LogP) is 3.94. The first-order valence-electron chi connectivity index (χ1n) is 7.79. The van der Waals surface area contributed by atoms with Crippen molar-refractivity contribution in [3.05, 3.63) is 83.7 Å². The third kappa shape index (κ3) is 3.06. The van der Waals surface area contributed by atoms with Crippen LogP contribution in [0.5, 0.6) is 0 Å². The number of benzene rings is 2. The zero-order chi connectivity index (χ0) is 15.4. The highest BCUT2D eigenvalue weighted by Crippen LogP contribution is 2.49. The average Bonchev–Trinajstić information content (AvgIpc) is 3.06. The van der Waals surface area contributed by atoms with Gasteiger partial charge in [0, 0.05) is 6.04 Å². The highest BCUT2D eigenvalue weighted by atomic mass is 31.1. The van der Waals surface area contributed by atoms with Gasteiger partial charge in [-0.1, -0.05) is 72.8 Å². The second kappa shape index (κ2) is 7.05. The standard InChI is InChI=1S/C20H22NP/c1-16(21-2)19-14-9-15-20(19)22(17-10-5-3-6-11-17)18-12-7-4-8-13-18/h3-8,10-16,21H,9H2,1-2H3/t16-/m1/s1. The van der Waals surface area contributed by atoms with Crippen LogP contribution in [0.15, 0.2) is 83.7 Å². The molecular formula is C20H22NP. The summed E-state index contributed by atoms with van der Waals surface area (Å²) in [5.41, 5.74) is 1.46. The molecule has 3 rings (SSSR count). The first-order valence-corrected chi connectivity index (χ1v) is 9.13. The quantitative estimate of drug-likeness (QED) is 0.825. The molecule has 0 saturated carbocycles. The molecule has 0 saturated heterocycles. The topological polar surface area (TPSA) is 12.0 Å². The van der Waals surface area contributed by atoms with E-state index < -0.39 is 7.92 Å². The van der Waals surface area contributed by atoms with Crippen LogP contribution in [0.2, 0.25) is 0 Å². The van der Waals surface area contributed by atoms with E-state index in [4.69, 9.17) is 0 Å². The van der Waals surface area contributed by atoms with Gasteiger partial charge in [0.05, 0.1) is 0 Å². The number of rotatable bonds is 5. The van der Waals surface area contributed by atoms with Gasteiger partial charge in [-0.25, -0.2) is 0 Å². The van der Waals surface area contributed by atoms with Gasteiger partial charge < -0.3 is 5.32 Å². The van der Waals surface area contributed by atoms with Crippen molar-refractivity contribution in [3.63, 3.8) is 0 Å². The molecule has 22 heavy (non-hydrogen) atoms. The second-order valence-corrected chi connectivity index (χ2v) is 7.69. The molecule has 112 valence electrons. The maximum absolute atomic E-state index is 3.40. The third-order valence-electron chi connectivity index (χ3n) is 4.11. The summed E-state index contributed by atoms with van der Waals surface area (Å²) in [4.78, 5) is 0. The summed E-state index contributed by atoms with van der Waals surface area (Å²) in [6.07, 6.45) is 5.84. The lowest BCUT2D eigenvalue weighted by Crippen LogP contribution is -2.25. The lowest BCUT2D eigenvalue weighted by atomic mass is 10.1. The fourth-order valence-electron chi connectivity index (χ4n) is 2.88. The van der Waals surface area contributed by atoms with Crippen LogP contribution in [0.1, 0.15) is 13.3 Å². The summed E-state index contributed by atoms with van der Waals surface area (Å²) in [5, 5.41) is 7.75. The van der Waals surface area contributed by atoms with Crippen LogP contribution in [-0.2, 0) is 0 Å². The molecule has 2 heteroatoms. The van der Waals surface area contributed by atoms with Crippen LogP contribution in [0, 0.1) is 0 Å². The predicted molar refractivity (Wildman–Crippen MR) is 98.4 cm³/mol. The van der Waals surface area contributed by atoms with Gasteiger partial charge in [0.2, 0.25) is 0 Å². The Morgan fingerprint density at radius 3 is 1.91 bits per heavy atom. The SMILES string of the molecule is CN[C@H](C)C1=CCC=C1P(c1ccccc1)c1ccccc1. The third-order valence-corrected chi connectivity index (χ3v) is 6.67. The van der Waals surface area contributed by atoms with Gasteiger partial charge in [-0.05, 0) is 49.8 Å². The fraction of sp³-hybridized carbons (Fsp3) is 0.200. The van der Waals surface area contributed by atoms with Crippen LogP contribution in [-0.4, -0.2) is 13.1 Å². The Bertz CT molecular complexity index is 634. The van der Waals surface area contributed by atoms with Gasteiger partial charge >= 0.3 is 0 Å². The van der Waals surface area contributed by atoms with E-state index in [1.165, 1.54) is 21.5 Å². The summed E-state index contributed by atoms with van der Waals surface area (Å²) >= 11 is 0. The van der Waals surface area contributed by atoms with Gasteiger partial charge in [-0.2, -0.15) is 0 Å². The number of nitrogens with one attached hydrogen (secondary N) is 1. The Morgan fingerprint density at radius 1 is 0.864 bits per heavy atom. The summed E-state index contributed by atoms with van der Waals surface area (Å²) < 4.78 is 0. The van der Waals surface area contributed by atoms with Gasteiger partial charge in [0.25, 0.3) is 0 Å². The minimum Gasteiger partial charge on any atom is -0.313 e. The Hall–Kier alpha value is -1.69. The van der Waals surface area contributed by atoms with Crippen LogP contribution in [0.4, 0.5) is 0 Å². The molecule has 0 amide bonds. The van der Waals surface area contributed by atoms with Crippen molar-refractivity contribution in [3.8, 4) is 0 Å². The summed E-state index contributed by atoms with van der Waals surface area (Å²) in [6, 6.07) is 22.2. The molecule has 0 aromatic heterocycles. The van der Waals surface area contributed by atoms with Crippen LogP contribution < -0.4 is 15.9 Å². The second-order valence-electron chi connectivity index (χ2n) is 5.50. The van der Waals surface area contributed by atoms with Crippen molar-refractivity contribution >= 4 is 18.5 Å². The summed E-state index contributed by atoms with van der Waals surface area (Å²) in [5.74, 6) is 0. The molecule has 0 heterocycles. The minimum absolute atomic E-state index is 0.395. The molecule has 1 N–H and O–H groups in total. The Balaban J connectivity index is 2.06. The number of hydrogen-bond acceptors (Lipinski definition) is 1. The number of likely N-dealkylation sites (N-methyl/N-ethyl adjacent to an activating group) is 1. The average molecular weight is 307 g/mol. The van der Waals surface area contributed by atoms with Crippen LogP contribution in [0.3, 0.4) is 0 Å². The minimum atomic E-state index is -0.477. The van der Waals surface area contributed by atoms with Gasteiger partial charge in [0.1, 0.15) is 0 Å². The van der Waals surface area contributed by atoms with E-state index in [0.29, 0.717) is 6.04 Å². The molecule has 1 aliphatic carbocycles. The molecule has 0 fully saturated rings. The van der Waals surface area contributed by atoms with Crippen molar-refractivity contribution < 1.29 is 0 Å². The highest BCUT2D eigenvalue weighted by molar-refractivity contribution is 7.77.